The fourth-order valence-electron chi connectivity index (χ4n) is 8.41. The number of nitrogens with one attached hydrogen (secondary N) is 2. The summed E-state index contributed by atoms with van der Waals surface area (Å²) in [6.45, 7) is 6.85. The smallest absolute Gasteiger partial charge is 0.411 e. The summed E-state index contributed by atoms with van der Waals surface area (Å²) in [5.74, 6) is 2.62. The topological polar surface area (TPSA) is 131 Å². The molecule has 8 rings (SSSR count). The standard InChI is InChI=1S/C45H52N8O4S/c1-45(2,3)57-44(56)53-28-58-27-38(53)42(54)51-23-9-13-36(51)40-46-25-34(48-40)31-19-15-29(16-20-31)30-17-21-32(22-18-30)35-26-47-41(49-35)37-14-10-24-52(37)43(55)39(50(4)5)33-11-7-6-8-12-33/h6-8,11-12,15-22,25-26,36-39H,9-10,13-14,23-24,27-28H2,1-5H3,(H,46,48)(H,47,49)/t36-,37-,38-,39+/m0/s1. The van der Waals surface area contributed by atoms with Crippen LogP contribution in [0.25, 0.3) is 33.6 Å². The number of carbonyl (C=O) groups excluding carboxylic acids is 3. The minimum atomic E-state index is -0.628. The van der Waals surface area contributed by atoms with E-state index in [9.17, 15) is 14.4 Å². The third kappa shape index (κ3) is 8.15. The molecule has 3 aliphatic heterocycles. The van der Waals surface area contributed by atoms with E-state index in [1.165, 1.54) is 0 Å². The molecule has 3 aromatic carbocycles. The van der Waals surface area contributed by atoms with Crippen molar-refractivity contribution in [3.63, 3.8) is 0 Å². The van der Waals surface area contributed by atoms with Gasteiger partial charge in [0.1, 0.15) is 29.3 Å². The Kier molecular flexibility index (Phi) is 11.2. The molecule has 4 atom stereocenters. The van der Waals surface area contributed by atoms with E-state index in [0.717, 1.165) is 76.5 Å². The first-order valence-electron chi connectivity index (χ1n) is 20.2. The number of benzene rings is 3. The van der Waals surface area contributed by atoms with Crippen molar-refractivity contribution in [2.24, 2.45) is 0 Å². The molecular formula is C45H52N8O4S. The largest absolute Gasteiger partial charge is 0.444 e. The number of likely N-dealkylation sites (tertiary alicyclic amines) is 2. The number of ether oxygens (including phenoxy) is 1. The van der Waals surface area contributed by atoms with E-state index >= 15 is 0 Å². The number of carbonyl (C=O) groups is 3. The summed E-state index contributed by atoms with van der Waals surface area (Å²) >= 11 is 1.57. The summed E-state index contributed by atoms with van der Waals surface area (Å²) in [7, 11) is 3.91. The van der Waals surface area contributed by atoms with Crippen molar-refractivity contribution in [1.82, 2.24) is 39.5 Å². The van der Waals surface area contributed by atoms with Gasteiger partial charge in [-0.1, -0.05) is 78.9 Å². The molecule has 0 bridgehead atoms. The highest BCUT2D eigenvalue weighted by Gasteiger charge is 2.43. The predicted molar refractivity (Wildman–Crippen MR) is 226 cm³/mol. The number of likely N-dealkylation sites (N-methyl/N-ethyl adjacent to an activating group) is 1. The molecule has 2 N–H and O–H groups in total. The van der Waals surface area contributed by atoms with Gasteiger partial charge < -0.3 is 24.5 Å². The Hall–Kier alpha value is -5.40. The highest BCUT2D eigenvalue weighted by atomic mass is 32.2. The molecule has 5 heterocycles. The second-order valence-corrected chi connectivity index (χ2v) is 17.6. The molecule has 0 aliphatic carbocycles. The SMILES string of the molecule is CN(C)[C@@H](C(=O)N1CCC[C@H]1c1ncc(-c2ccc(-c3ccc(-c4cnc([C@@H]5CCCN5C(=O)[C@@H]5CSCN5C(=O)OC(C)(C)C)[nH]4)cc3)cc2)[nH]1)c1ccccc1. The van der Waals surface area contributed by atoms with Crippen molar-refractivity contribution in [2.45, 2.75) is 76.2 Å². The van der Waals surface area contributed by atoms with Crippen molar-refractivity contribution in [3.8, 4) is 33.6 Å². The van der Waals surface area contributed by atoms with Crippen molar-refractivity contribution in [2.75, 3.05) is 38.8 Å². The Balaban J connectivity index is 0.911. The number of aromatic amines is 2. The molecule has 3 aliphatic rings. The van der Waals surface area contributed by atoms with E-state index in [4.69, 9.17) is 14.7 Å². The first-order valence-corrected chi connectivity index (χ1v) is 21.3. The van der Waals surface area contributed by atoms with E-state index in [2.05, 4.69) is 58.5 Å². The third-order valence-electron chi connectivity index (χ3n) is 11.3. The number of imidazole rings is 2. The lowest BCUT2D eigenvalue weighted by molar-refractivity contribution is -0.137. The fraction of sp³-hybridized carbons (Fsp3) is 0.400. The normalized spacial score (nSPS) is 20.2. The molecule has 3 saturated heterocycles. The first kappa shape index (κ1) is 39.4. The molecule has 0 unspecified atom stereocenters. The number of thioether (sulfide) groups is 1. The maximum atomic E-state index is 13.9. The average Bonchev–Trinajstić information content (AvgIpc) is 4.07. The van der Waals surface area contributed by atoms with Crippen LogP contribution in [0.5, 0.6) is 0 Å². The summed E-state index contributed by atoms with van der Waals surface area (Å²) < 4.78 is 5.60. The van der Waals surface area contributed by atoms with Crippen LogP contribution in [0.15, 0.2) is 91.3 Å². The second kappa shape index (κ2) is 16.5. The molecule has 3 fully saturated rings. The highest BCUT2D eigenvalue weighted by Crippen LogP contribution is 2.37. The summed E-state index contributed by atoms with van der Waals surface area (Å²) in [5.41, 5.74) is 6.38. The van der Waals surface area contributed by atoms with Gasteiger partial charge in [-0.25, -0.2) is 14.8 Å². The summed E-state index contributed by atoms with van der Waals surface area (Å²) in [6, 6.07) is 25.6. The Morgan fingerprint density at radius 2 is 1.26 bits per heavy atom. The summed E-state index contributed by atoms with van der Waals surface area (Å²) in [5, 5.41) is 0. The monoisotopic (exact) mass is 800 g/mol. The van der Waals surface area contributed by atoms with Gasteiger partial charge in [0.05, 0.1) is 41.7 Å². The van der Waals surface area contributed by atoms with Crippen LogP contribution in [0.1, 0.15) is 81.8 Å². The Labute approximate surface area is 344 Å². The van der Waals surface area contributed by atoms with Crippen LogP contribution in [0.3, 0.4) is 0 Å². The van der Waals surface area contributed by atoms with E-state index in [1.807, 2.05) is 92.3 Å². The van der Waals surface area contributed by atoms with Gasteiger partial charge in [-0.05, 0) is 88.4 Å². The van der Waals surface area contributed by atoms with Crippen molar-refractivity contribution in [1.29, 1.82) is 0 Å². The molecule has 3 amide bonds. The van der Waals surface area contributed by atoms with Crippen LogP contribution in [-0.4, -0.2) is 108 Å². The zero-order valence-corrected chi connectivity index (χ0v) is 34.7. The van der Waals surface area contributed by atoms with Crippen LogP contribution in [0.4, 0.5) is 4.79 Å². The van der Waals surface area contributed by atoms with E-state index < -0.39 is 17.7 Å². The molecule has 13 heteroatoms. The van der Waals surface area contributed by atoms with Crippen LogP contribution >= 0.6 is 11.8 Å². The van der Waals surface area contributed by atoms with E-state index in [0.29, 0.717) is 24.7 Å². The lowest BCUT2D eigenvalue weighted by Crippen LogP contribution is -2.50. The van der Waals surface area contributed by atoms with Gasteiger partial charge in [0.15, 0.2) is 0 Å². The lowest BCUT2D eigenvalue weighted by atomic mass is 10.0. The number of amides is 3. The average molecular weight is 801 g/mol. The predicted octanol–water partition coefficient (Wildman–Crippen LogP) is 8.07. The van der Waals surface area contributed by atoms with Crippen LogP contribution in [0, 0.1) is 0 Å². The van der Waals surface area contributed by atoms with E-state index in [1.54, 1.807) is 16.7 Å². The Bertz CT molecular complexity index is 2230. The molecule has 2 aromatic heterocycles. The molecule has 5 aromatic rings. The second-order valence-electron chi connectivity index (χ2n) is 16.6. The number of nitrogens with zero attached hydrogens (tertiary/aromatic N) is 6. The quantitative estimate of drug-likeness (QED) is 0.153. The lowest BCUT2D eigenvalue weighted by Gasteiger charge is -2.31. The minimum absolute atomic E-state index is 0.0515. The van der Waals surface area contributed by atoms with Crippen molar-refractivity contribution < 1.29 is 19.1 Å². The van der Waals surface area contributed by atoms with Crippen molar-refractivity contribution >= 4 is 29.7 Å². The Morgan fingerprint density at radius 3 is 1.79 bits per heavy atom. The van der Waals surface area contributed by atoms with Gasteiger partial charge in [0.25, 0.3) is 0 Å². The molecular weight excluding hydrogens is 749 g/mol. The van der Waals surface area contributed by atoms with Gasteiger partial charge >= 0.3 is 6.09 Å². The van der Waals surface area contributed by atoms with Crippen LogP contribution < -0.4 is 0 Å². The maximum Gasteiger partial charge on any atom is 0.411 e. The van der Waals surface area contributed by atoms with Crippen molar-refractivity contribution in [3.05, 3.63) is 108 Å². The van der Waals surface area contributed by atoms with Gasteiger partial charge in [-0.3, -0.25) is 19.4 Å². The number of aromatic nitrogens is 4. The summed E-state index contributed by atoms with van der Waals surface area (Å²) in [6.07, 6.45) is 6.75. The van der Waals surface area contributed by atoms with E-state index in [-0.39, 0.29) is 29.9 Å². The molecule has 0 spiro atoms. The molecule has 0 radical (unpaired) electrons. The molecule has 58 heavy (non-hydrogen) atoms. The number of hydrogen-bond acceptors (Lipinski definition) is 8. The molecule has 0 saturated carbocycles. The number of H-pyrrole nitrogens is 2. The van der Waals surface area contributed by atoms with Gasteiger partial charge in [0, 0.05) is 18.8 Å². The molecule has 302 valence electrons. The maximum absolute atomic E-state index is 13.9. The first-order chi connectivity index (χ1) is 27.9. The van der Waals surface area contributed by atoms with Crippen LogP contribution in [0.2, 0.25) is 0 Å². The minimum Gasteiger partial charge on any atom is -0.444 e. The zero-order chi connectivity index (χ0) is 40.6. The van der Waals surface area contributed by atoms with Crippen LogP contribution in [-0.2, 0) is 14.3 Å². The number of rotatable bonds is 9. The van der Waals surface area contributed by atoms with Gasteiger partial charge in [-0.2, -0.15) is 0 Å². The highest BCUT2D eigenvalue weighted by molar-refractivity contribution is 7.99. The molecule has 12 nitrogen and oxygen atoms in total. The zero-order valence-electron chi connectivity index (χ0n) is 33.9. The summed E-state index contributed by atoms with van der Waals surface area (Å²) in [4.78, 5) is 64.6. The Morgan fingerprint density at radius 1 is 0.741 bits per heavy atom. The van der Waals surface area contributed by atoms with Gasteiger partial charge in [0.2, 0.25) is 11.8 Å². The fourth-order valence-corrected chi connectivity index (χ4v) is 9.55. The van der Waals surface area contributed by atoms with Gasteiger partial charge in [-0.15, -0.1) is 11.8 Å². The number of hydrogen-bond donors (Lipinski definition) is 2. The third-order valence-corrected chi connectivity index (χ3v) is 12.3.